The number of nitrogens with zero attached hydrogens (tertiary/aromatic N) is 3. The molecule has 1 amide bonds. The second-order valence-electron chi connectivity index (χ2n) is 4.61. The average Bonchev–Trinajstić information content (AvgIpc) is 3.04. The van der Waals surface area contributed by atoms with E-state index in [1.807, 2.05) is 36.5 Å². The first kappa shape index (κ1) is 13.8. The Kier molecular flexibility index (Phi) is 4.06. The van der Waals surface area contributed by atoms with Gasteiger partial charge in [-0.3, -0.25) is 9.78 Å². The standard InChI is InChI=1S/C17H14N4O/c22-17(20-15-8-10-18-11-9-15)7-6-14-12-19-21(13-14)16-4-2-1-3-5-16/h1-13H,(H,18,20,22)/b7-6+. The van der Waals surface area contributed by atoms with Gasteiger partial charge in [-0.1, -0.05) is 18.2 Å². The minimum absolute atomic E-state index is 0.196. The Labute approximate surface area is 127 Å². The number of aromatic nitrogens is 3. The lowest BCUT2D eigenvalue weighted by molar-refractivity contribution is -0.111. The molecule has 108 valence electrons. The summed E-state index contributed by atoms with van der Waals surface area (Å²) < 4.78 is 1.76. The first-order chi connectivity index (χ1) is 10.8. The van der Waals surface area contributed by atoms with Gasteiger partial charge in [0.25, 0.3) is 0 Å². The van der Waals surface area contributed by atoms with Gasteiger partial charge in [-0.25, -0.2) is 4.68 Å². The maximum atomic E-state index is 11.8. The first-order valence-electron chi connectivity index (χ1n) is 6.80. The molecule has 0 aliphatic heterocycles. The van der Waals surface area contributed by atoms with E-state index in [1.165, 1.54) is 6.08 Å². The Bertz CT molecular complexity index is 779. The van der Waals surface area contributed by atoms with Crippen LogP contribution in [0.5, 0.6) is 0 Å². The van der Waals surface area contributed by atoms with Gasteiger partial charge in [0.1, 0.15) is 0 Å². The van der Waals surface area contributed by atoms with Gasteiger partial charge in [0.15, 0.2) is 0 Å². The predicted octanol–water partition coefficient (Wildman–Crippen LogP) is 2.92. The summed E-state index contributed by atoms with van der Waals surface area (Å²) in [4.78, 5) is 15.7. The number of hydrogen-bond donors (Lipinski definition) is 1. The van der Waals surface area contributed by atoms with Crippen LogP contribution in [-0.2, 0) is 4.79 Å². The highest BCUT2D eigenvalue weighted by atomic mass is 16.1. The van der Waals surface area contributed by atoms with E-state index in [-0.39, 0.29) is 5.91 Å². The van der Waals surface area contributed by atoms with E-state index in [1.54, 1.807) is 41.5 Å². The third-order valence-corrected chi connectivity index (χ3v) is 3.00. The number of carbonyl (C=O) groups is 1. The molecule has 0 atom stereocenters. The quantitative estimate of drug-likeness (QED) is 0.752. The normalized spacial score (nSPS) is 10.7. The number of hydrogen-bond acceptors (Lipinski definition) is 3. The topological polar surface area (TPSA) is 59.8 Å². The van der Waals surface area contributed by atoms with E-state index in [4.69, 9.17) is 0 Å². The van der Waals surface area contributed by atoms with Gasteiger partial charge in [-0.15, -0.1) is 0 Å². The molecule has 2 aromatic heterocycles. The zero-order valence-corrected chi connectivity index (χ0v) is 11.8. The number of carbonyl (C=O) groups excluding carboxylic acids is 1. The van der Waals surface area contributed by atoms with Crippen LogP contribution >= 0.6 is 0 Å². The fraction of sp³-hybridized carbons (Fsp3) is 0. The third kappa shape index (κ3) is 3.46. The molecule has 1 aromatic carbocycles. The Morgan fingerprint density at radius 3 is 2.64 bits per heavy atom. The van der Waals surface area contributed by atoms with Crippen LogP contribution in [0.3, 0.4) is 0 Å². The molecule has 0 saturated heterocycles. The second-order valence-corrected chi connectivity index (χ2v) is 4.61. The number of rotatable bonds is 4. The Hall–Kier alpha value is -3.21. The summed E-state index contributed by atoms with van der Waals surface area (Å²) in [6, 6.07) is 13.3. The summed E-state index contributed by atoms with van der Waals surface area (Å²) in [5.74, 6) is -0.196. The van der Waals surface area contributed by atoms with E-state index >= 15 is 0 Å². The van der Waals surface area contributed by atoms with Crippen molar-refractivity contribution >= 4 is 17.7 Å². The minimum Gasteiger partial charge on any atom is -0.322 e. The molecule has 5 nitrogen and oxygen atoms in total. The SMILES string of the molecule is O=C(/C=C/c1cnn(-c2ccccc2)c1)Nc1ccncc1. The van der Waals surface area contributed by atoms with Gasteiger partial charge in [-0.2, -0.15) is 5.10 Å². The summed E-state index contributed by atoms with van der Waals surface area (Å²) in [6.07, 6.45) is 10.0. The number of para-hydroxylation sites is 1. The number of benzene rings is 1. The molecule has 5 heteroatoms. The Balaban J connectivity index is 1.66. The zero-order valence-electron chi connectivity index (χ0n) is 11.8. The smallest absolute Gasteiger partial charge is 0.248 e. The number of pyridine rings is 1. The monoisotopic (exact) mass is 290 g/mol. The molecule has 0 fully saturated rings. The van der Waals surface area contributed by atoms with E-state index in [2.05, 4.69) is 15.4 Å². The summed E-state index contributed by atoms with van der Waals surface area (Å²) in [5.41, 5.74) is 2.54. The highest BCUT2D eigenvalue weighted by molar-refractivity contribution is 6.01. The van der Waals surface area contributed by atoms with Crippen molar-refractivity contribution in [2.45, 2.75) is 0 Å². The molecule has 0 aliphatic carbocycles. The van der Waals surface area contributed by atoms with Crippen LogP contribution in [0.25, 0.3) is 11.8 Å². The van der Waals surface area contributed by atoms with Gasteiger partial charge in [0, 0.05) is 35.9 Å². The molecule has 0 saturated carbocycles. The summed E-state index contributed by atoms with van der Waals surface area (Å²) in [5, 5.41) is 7.03. The summed E-state index contributed by atoms with van der Waals surface area (Å²) in [7, 11) is 0. The van der Waals surface area contributed by atoms with E-state index < -0.39 is 0 Å². The van der Waals surface area contributed by atoms with E-state index in [0.29, 0.717) is 5.69 Å². The molecule has 22 heavy (non-hydrogen) atoms. The van der Waals surface area contributed by atoms with Gasteiger partial charge in [0.2, 0.25) is 5.91 Å². The lowest BCUT2D eigenvalue weighted by atomic mass is 10.3. The fourth-order valence-corrected chi connectivity index (χ4v) is 1.94. The molecule has 0 spiro atoms. The maximum absolute atomic E-state index is 11.8. The van der Waals surface area contributed by atoms with E-state index in [9.17, 15) is 4.79 Å². The van der Waals surface area contributed by atoms with Crippen molar-refractivity contribution in [2.75, 3.05) is 5.32 Å². The van der Waals surface area contributed by atoms with Crippen molar-refractivity contribution in [3.8, 4) is 5.69 Å². The Morgan fingerprint density at radius 2 is 1.86 bits per heavy atom. The van der Waals surface area contributed by atoms with Crippen molar-refractivity contribution in [3.05, 3.63) is 78.9 Å². The third-order valence-electron chi connectivity index (χ3n) is 3.00. The number of anilines is 1. The first-order valence-corrected chi connectivity index (χ1v) is 6.80. The van der Waals surface area contributed by atoms with Crippen molar-refractivity contribution in [1.29, 1.82) is 0 Å². The number of nitrogens with one attached hydrogen (secondary N) is 1. The van der Waals surface area contributed by atoms with E-state index in [0.717, 1.165) is 11.3 Å². The van der Waals surface area contributed by atoms with Crippen molar-refractivity contribution in [1.82, 2.24) is 14.8 Å². The van der Waals surface area contributed by atoms with Gasteiger partial charge in [-0.05, 0) is 30.3 Å². The molecule has 3 aromatic rings. The van der Waals surface area contributed by atoms with Crippen LogP contribution in [-0.4, -0.2) is 20.7 Å². The maximum Gasteiger partial charge on any atom is 0.248 e. The summed E-state index contributed by atoms with van der Waals surface area (Å²) in [6.45, 7) is 0. The molecule has 0 bridgehead atoms. The lowest BCUT2D eigenvalue weighted by Crippen LogP contribution is -2.07. The van der Waals surface area contributed by atoms with Gasteiger partial charge < -0.3 is 5.32 Å². The second kappa shape index (κ2) is 6.49. The van der Waals surface area contributed by atoms with Crippen LogP contribution in [0.15, 0.2) is 73.3 Å². The van der Waals surface area contributed by atoms with Crippen LogP contribution in [0.1, 0.15) is 5.56 Å². The highest BCUT2D eigenvalue weighted by Crippen LogP contribution is 2.09. The lowest BCUT2D eigenvalue weighted by Gasteiger charge is -1.99. The molecule has 1 N–H and O–H groups in total. The van der Waals surface area contributed by atoms with Gasteiger partial charge >= 0.3 is 0 Å². The van der Waals surface area contributed by atoms with Crippen molar-refractivity contribution < 1.29 is 4.79 Å². The largest absolute Gasteiger partial charge is 0.322 e. The van der Waals surface area contributed by atoms with Crippen molar-refractivity contribution in [2.24, 2.45) is 0 Å². The molecule has 2 heterocycles. The predicted molar refractivity (Wildman–Crippen MR) is 85.5 cm³/mol. The molecular weight excluding hydrogens is 276 g/mol. The zero-order chi connectivity index (χ0) is 15.2. The number of amides is 1. The molecule has 0 radical (unpaired) electrons. The molecule has 3 rings (SSSR count). The Morgan fingerprint density at radius 1 is 1.09 bits per heavy atom. The highest BCUT2D eigenvalue weighted by Gasteiger charge is 2.00. The molecular formula is C17H14N4O. The minimum atomic E-state index is -0.196. The average molecular weight is 290 g/mol. The molecule has 0 unspecified atom stereocenters. The van der Waals surface area contributed by atoms with Gasteiger partial charge in [0.05, 0.1) is 11.9 Å². The van der Waals surface area contributed by atoms with Crippen LogP contribution in [0.2, 0.25) is 0 Å². The van der Waals surface area contributed by atoms with Crippen LogP contribution < -0.4 is 5.32 Å². The fourth-order valence-electron chi connectivity index (χ4n) is 1.94. The van der Waals surface area contributed by atoms with Crippen LogP contribution in [0.4, 0.5) is 5.69 Å². The summed E-state index contributed by atoms with van der Waals surface area (Å²) >= 11 is 0. The van der Waals surface area contributed by atoms with Crippen LogP contribution in [0, 0.1) is 0 Å². The van der Waals surface area contributed by atoms with Crippen molar-refractivity contribution in [3.63, 3.8) is 0 Å². The molecule has 0 aliphatic rings.